The second kappa shape index (κ2) is 8.05. The number of hydrogen-bond acceptors (Lipinski definition) is 4. The number of aliphatic carboxylic acids is 1. The Morgan fingerprint density at radius 1 is 1.39 bits per heavy atom. The first kappa shape index (κ1) is 16.6. The minimum absolute atomic E-state index is 0.113. The van der Waals surface area contributed by atoms with Crippen molar-refractivity contribution in [2.75, 3.05) is 6.54 Å². The Hall–Kier alpha value is -2.73. The van der Waals surface area contributed by atoms with Gasteiger partial charge < -0.3 is 14.7 Å². The van der Waals surface area contributed by atoms with Crippen molar-refractivity contribution in [3.63, 3.8) is 0 Å². The van der Waals surface area contributed by atoms with Crippen molar-refractivity contribution in [3.05, 3.63) is 46.3 Å². The lowest BCUT2D eigenvalue weighted by Crippen LogP contribution is -2.51. The summed E-state index contributed by atoms with van der Waals surface area (Å²) in [4.78, 5) is 27.5. The molecule has 0 unspecified atom stereocenters. The Morgan fingerprint density at radius 2 is 2.13 bits per heavy atom. The van der Waals surface area contributed by atoms with Gasteiger partial charge >= 0.3 is 12.1 Å². The number of azide groups is 1. The van der Waals surface area contributed by atoms with Gasteiger partial charge in [-0.25, -0.2) is 4.79 Å². The summed E-state index contributed by atoms with van der Waals surface area (Å²) >= 11 is 0. The lowest BCUT2D eigenvalue weighted by Gasteiger charge is -2.36. The second-order valence-corrected chi connectivity index (χ2v) is 5.28. The molecule has 1 heterocycles. The molecule has 122 valence electrons. The number of likely N-dealkylation sites (tertiary alicyclic amines) is 1. The van der Waals surface area contributed by atoms with E-state index in [4.69, 9.17) is 10.3 Å². The number of hydrogen-bond donors (Lipinski definition) is 1. The molecule has 0 aromatic heterocycles. The summed E-state index contributed by atoms with van der Waals surface area (Å²) in [5.74, 6) is -1.24. The summed E-state index contributed by atoms with van der Waals surface area (Å²) in [7, 11) is 0. The topological polar surface area (TPSA) is 116 Å². The third-order valence-corrected chi connectivity index (χ3v) is 3.78. The fraction of sp³-hybridized carbons (Fsp3) is 0.467. The molecule has 0 radical (unpaired) electrons. The smallest absolute Gasteiger partial charge is 0.410 e. The van der Waals surface area contributed by atoms with Crippen LogP contribution in [0.15, 0.2) is 35.4 Å². The predicted octanol–water partition coefficient (Wildman–Crippen LogP) is 2.94. The quantitative estimate of drug-likeness (QED) is 0.510. The monoisotopic (exact) mass is 318 g/mol. The van der Waals surface area contributed by atoms with Crippen LogP contribution in [0.25, 0.3) is 10.4 Å². The highest BCUT2D eigenvalue weighted by molar-refractivity contribution is 5.76. The summed E-state index contributed by atoms with van der Waals surface area (Å²) in [5, 5.41) is 12.6. The molecule has 1 aliphatic heterocycles. The van der Waals surface area contributed by atoms with Gasteiger partial charge in [0.15, 0.2) is 6.04 Å². The SMILES string of the molecule is [N-]=[N+]=N[C@H](C(=O)O)[C@H]1CCCCN1C(=O)OCc1ccccc1. The summed E-state index contributed by atoms with van der Waals surface area (Å²) in [5.41, 5.74) is 9.40. The number of ether oxygens (including phenoxy) is 1. The summed E-state index contributed by atoms with van der Waals surface area (Å²) in [6.07, 6.45) is 1.42. The molecular formula is C15H18N4O4. The molecule has 1 aromatic carbocycles. The average Bonchev–Trinajstić information content (AvgIpc) is 2.58. The van der Waals surface area contributed by atoms with Gasteiger partial charge in [-0.05, 0) is 30.4 Å². The van der Waals surface area contributed by atoms with Crippen LogP contribution in [0.1, 0.15) is 24.8 Å². The number of nitrogens with zero attached hydrogens (tertiary/aromatic N) is 4. The van der Waals surface area contributed by atoms with Crippen molar-refractivity contribution in [2.45, 2.75) is 38.0 Å². The van der Waals surface area contributed by atoms with Gasteiger partial charge in [0.2, 0.25) is 0 Å². The fourth-order valence-electron chi connectivity index (χ4n) is 2.66. The van der Waals surface area contributed by atoms with Gasteiger partial charge in [0.25, 0.3) is 0 Å². The lowest BCUT2D eigenvalue weighted by atomic mass is 9.96. The summed E-state index contributed by atoms with van der Waals surface area (Å²) < 4.78 is 5.27. The van der Waals surface area contributed by atoms with E-state index in [0.29, 0.717) is 13.0 Å². The molecule has 1 amide bonds. The average molecular weight is 318 g/mol. The minimum Gasteiger partial charge on any atom is -0.481 e. The molecule has 1 aliphatic rings. The molecule has 0 aliphatic carbocycles. The van der Waals surface area contributed by atoms with E-state index in [1.807, 2.05) is 30.3 Å². The van der Waals surface area contributed by atoms with Crippen molar-refractivity contribution >= 4 is 12.1 Å². The molecule has 8 heteroatoms. The van der Waals surface area contributed by atoms with E-state index in [1.165, 1.54) is 4.90 Å². The van der Waals surface area contributed by atoms with Crippen LogP contribution in [-0.2, 0) is 16.1 Å². The Morgan fingerprint density at radius 3 is 2.78 bits per heavy atom. The zero-order chi connectivity index (χ0) is 16.7. The molecule has 1 N–H and O–H groups in total. The fourth-order valence-corrected chi connectivity index (χ4v) is 2.66. The molecule has 1 fully saturated rings. The van der Waals surface area contributed by atoms with E-state index < -0.39 is 24.1 Å². The summed E-state index contributed by atoms with van der Waals surface area (Å²) in [6.45, 7) is 0.505. The number of carbonyl (C=O) groups excluding carboxylic acids is 1. The number of carbonyl (C=O) groups is 2. The Labute approximate surface area is 133 Å². The zero-order valence-electron chi connectivity index (χ0n) is 12.5. The zero-order valence-corrected chi connectivity index (χ0v) is 12.5. The molecule has 2 rings (SSSR count). The Bertz CT molecular complexity index is 599. The maximum atomic E-state index is 12.3. The Balaban J connectivity index is 2.06. The van der Waals surface area contributed by atoms with Gasteiger partial charge in [0.05, 0.1) is 6.04 Å². The molecule has 0 bridgehead atoms. The van der Waals surface area contributed by atoms with Crippen molar-refractivity contribution in [1.29, 1.82) is 0 Å². The molecule has 0 spiro atoms. The van der Waals surface area contributed by atoms with Crippen LogP contribution in [0.2, 0.25) is 0 Å². The first-order chi connectivity index (χ1) is 11.1. The lowest BCUT2D eigenvalue weighted by molar-refractivity contribution is -0.140. The van der Waals surface area contributed by atoms with Gasteiger partial charge in [-0.1, -0.05) is 35.4 Å². The number of piperidine rings is 1. The maximum absolute atomic E-state index is 12.3. The largest absolute Gasteiger partial charge is 0.481 e. The highest BCUT2D eigenvalue weighted by atomic mass is 16.6. The molecule has 0 saturated carbocycles. The number of carboxylic acids is 1. The van der Waals surface area contributed by atoms with Gasteiger partial charge in [-0.3, -0.25) is 4.79 Å². The van der Waals surface area contributed by atoms with Gasteiger partial charge in [-0.2, -0.15) is 0 Å². The van der Waals surface area contributed by atoms with Crippen LogP contribution >= 0.6 is 0 Å². The maximum Gasteiger partial charge on any atom is 0.410 e. The van der Waals surface area contributed by atoms with Crippen LogP contribution in [0.3, 0.4) is 0 Å². The number of benzene rings is 1. The summed E-state index contributed by atoms with van der Waals surface area (Å²) in [6, 6.07) is 7.24. The normalized spacial score (nSPS) is 18.6. The first-order valence-electron chi connectivity index (χ1n) is 7.38. The van der Waals surface area contributed by atoms with Gasteiger partial charge in [0, 0.05) is 11.5 Å². The highest BCUT2D eigenvalue weighted by Crippen LogP contribution is 2.23. The van der Waals surface area contributed by atoms with Crippen LogP contribution in [0.4, 0.5) is 4.79 Å². The van der Waals surface area contributed by atoms with E-state index in [2.05, 4.69) is 10.0 Å². The predicted molar refractivity (Wildman–Crippen MR) is 81.5 cm³/mol. The van der Waals surface area contributed by atoms with E-state index in [-0.39, 0.29) is 6.61 Å². The van der Waals surface area contributed by atoms with E-state index >= 15 is 0 Å². The highest BCUT2D eigenvalue weighted by Gasteiger charge is 2.37. The molecule has 1 saturated heterocycles. The van der Waals surface area contributed by atoms with Gasteiger partial charge in [0.1, 0.15) is 6.61 Å². The molecule has 8 nitrogen and oxygen atoms in total. The van der Waals surface area contributed by atoms with E-state index in [1.54, 1.807) is 0 Å². The van der Waals surface area contributed by atoms with E-state index in [9.17, 15) is 14.7 Å². The molecule has 1 aromatic rings. The third kappa shape index (κ3) is 4.37. The van der Waals surface area contributed by atoms with Crippen molar-refractivity contribution in [1.82, 2.24) is 4.90 Å². The number of carboxylic acid groups (broad SMARTS) is 1. The number of amides is 1. The van der Waals surface area contributed by atoms with Crippen molar-refractivity contribution in [2.24, 2.45) is 5.11 Å². The van der Waals surface area contributed by atoms with Gasteiger partial charge in [-0.15, -0.1) is 0 Å². The molecule has 23 heavy (non-hydrogen) atoms. The second-order valence-electron chi connectivity index (χ2n) is 5.28. The third-order valence-electron chi connectivity index (χ3n) is 3.78. The van der Waals surface area contributed by atoms with Crippen LogP contribution in [0.5, 0.6) is 0 Å². The van der Waals surface area contributed by atoms with Crippen LogP contribution in [-0.4, -0.2) is 40.7 Å². The minimum atomic E-state index is -1.30. The molecular weight excluding hydrogens is 300 g/mol. The van der Waals surface area contributed by atoms with E-state index in [0.717, 1.165) is 18.4 Å². The Kier molecular flexibility index (Phi) is 5.82. The van der Waals surface area contributed by atoms with Crippen LogP contribution in [0, 0.1) is 0 Å². The first-order valence-corrected chi connectivity index (χ1v) is 7.38. The van der Waals surface area contributed by atoms with Crippen LogP contribution < -0.4 is 0 Å². The van der Waals surface area contributed by atoms with Crippen molar-refractivity contribution < 1.29 is 19.4 Å². The number of rotatable bonds is 5. The standard InChI is InChI=1S/C15H18N4O4/c16-18-17-13(14(20)21)12-8-4-5-9-19(12)15(22)23-10-11-6-2-1-3-7-11/h1-3,6-7,12-13H,4-5,8-10H2,(H,20,21)/t12-,13+/m1/s1. The molecule has 2 atom stereocenters. The van der Waals surface area contributed by atoms with Crippen molar-refractivity contribution in [3.8, 4) is 0 Å².